The molecule has 3 rings (SSSR count). The van der Waals surface area contributed by atoms with Gasteiger partial charge in [-0.2, -0.15) is 0 Å². The van der Waals surface area contributed by atoms with Gasteiger partial charge < -0.3 is 10.0 Å². The Morgan fingerprint density at radius 3 is 2.62 bits per heavy atom. The van der Waals surface area contributed by atoms with Crippen molar-refractivity contribution in [1.29, 1.82) is 0 Å². The van der Waals surface area contributed by atoms with Crippen molar-refractivity contribution >= 4 is 5.69 Å². The Morgan fingerprint density at radius 1 is 1.19 bits per heavy atom. The molecule has 0 atom stereocenters. The fourth-order valence-electron chi connectivity index (χ4n) is 3.24. The van der Waals surface area contributed by atoms with E-state index in [0.29, 0.717) is 5.41 Å². The summed E-state index contributed by atoms with van der Waals surface area (Å²) in [6.07, 6.45) is 5.68. The van der Waals surface area contributed by atoms with E-state index in [2.05, 4.69) is 17.0 Å². The first-order valence-corrected chi connectivity index (χ1v) is 6.26. The van der Waals surface area contributed by atoms with Crippen molar-refractivity contribution in [3.05, 3.63) is 29.8 Å². The molecule has 2 aliphatic rings. The Hall–Kier alpha value is -1.02. The number of benzene rings is 1. The van der Waals surface area contributed by atoms with Crippen LogP contribution in [0.5, 0.6) is 0 Å². The average Bonchev–Trinajstić information content (AvgIpc) is 2.76. The van der Waals surface area contributed by atoms with Crippen LogP contribution in [-0.2, 0) is 6.61 Å². The van der Waals surface area contributed by atoms with E-state index in [9.17, 15) is 0 Å². The molecule has 1 heterocycles. The molecule has 1 aliphatic heterocycles. The van der Waals surface area contributed by atoms with Crippen LogP contribution < -0.4 is 4.90 Å². The quantitative estimate of drug-likeness (QED) is 0.823. The summed E-state index contributed by atoms with van der Waals surface area (Å²) in [5, 5.41) is 9.12. The topological polar surface area (TPSA) is 23.5 Å². The molecular formula is C14H19NO. The first kappa shape index (κ1) is 10.2. The standard InChI is InChI=1S/C14H19NO/c16-9-12-4-3-5-13(8-12)15-10-14(11-15)6-1-2-7-14/h3-5,8,16H,1-2,6-7,9-11H2. The van der Waals surface area contributed by atoms with E-state index in [1.807, 2.05) is 12.1 Å². The predicted octanol–water partition coefficient (Wildman–Crippen LogP) is 2.56. The van der Waals surface area contributed by atoms with Gasteiger partial charge in [-0.3, -0.25) is 0 Å². The van der Waals surface area contributed by atoms with E-state index >= 15 is 0 Å². The Kier molecular flexibility index (Phi) is 2.40. The van der Waals surface area contributed by atoms with E-state index in [0.717, 1.165) is 5.56 Å². The van der Waals surface area contributed by atoms with Gasteiger partial charge in [-0.15, -0.1) is 0 Å². The molecule has 1 aromatic rings. The highest BCUT2D eigenvalue weighted by molar-refractivity contribution is 5.51. The van der Waals surface area contributed by atoms with Gasteiger partial charge in [0.2, 0.25) is 0 Å². The third-order valence-corrected chi connectivity index (χ3v) is 4.18. The minimum absolute atomic E-state index is 0.146. The van der Waals surface area contributed by atoms with Gasteiger partial charge in [0.05, 0.1) is 6.61 Å². The zero-order chi connectivity index (χ0) is 11.0. The summed E-state index contributed by atoms with van der Waals surface area (Å²) in [6.45, 7) is 2.59. The SMILES string of the molecule is OCc1cccc(N2CC3(CCCC3)C2)c1. The van der Waals surface area contributed by atoms with Crippen LogP contribution in [0.1, 0.15) is 31.2 Å². The highest BCUT2D eigenvalue weighted by Crippen LogP contribution is 2.46. The maximum atomic E-state index is 9.12. The molecule has 2 nitrogen and oxygen atoms in total. The molecule has 1 saturated heterocycles. The molecule has 2 fully saturated rings. The van der Waals surface area contributed by atoms with Crippen molar-refractivity contribution in [3.63, 3.8) is 0 Å². The van der Waals surface area contributed by atoms with Crippen LogP contribution in [-0.4, -0.2) is 18.2 Å². The number of hydrogen-bond donors (Lipinski definition) is 1. The lowest BCUT2D eigenvalue weighted by atomic mass is 9.78. The smallest absolute Gasteiger partial charge is 0.0682 e. The molecule has 0 aromatic heterocycles. The lowest BCUT2D eigenvalue weighted by Crippen LogP contribution is -2.55. The van der Waals surface area contributed by atoms with Gasteiger partial charge >= 0.3 is 0 Å². The summed E-state index contributed by atoms with van der Waals surface area (Å²) in [6, 6.07) is 8.29. The third kappa shape index (κ3) is 1.61. The number of rotatable bonds is 2. The molecule has 16 heavy (non-hydrogen) atoms. The monoisotopic (exact) mass is 217 g/mol. The largest absolute Gasteiger partial charge is 0.392 e. The van der Waals surface area contributed by atoms with Crippen LogP contribution in [0.15, 0.2) is 24.3 Å². The second-order valence-corrected chi connectivity index (χ2v) is 5.39. The van der Waals surface area contributed by atoms with Gasteiger partial charge in [-0.1, -0.05) is 25.0 Å². The van der Waals surface area contributed by atoms with E-state index < -0.39 is 0 Å². The molecule has 2 heteroatoms. The molecule has 1 spiro atoms. The predicted molar refractivity (Wildman–Crippen MR) is 65.5 cm³/mol. The fraction of sp³-hybridized carbons (Fsp3) is 0.571. The summed E-state index contributed by atoms with van der Waals surface area (Å²) in [5.74, 6) is 0. The summed E-state index contributed by atoms with van der Waals surface area (Å²) in [7, 11) is 0. The zero-order valence-electron chi connectivity index (χ0n) is 9.65. The first-order valence-electron chi connectivity index (χ1n) is 6.26. The van der Waals surface area contributed by atoms with Crippen molar-refractivity contribution in [2.45, 2.75) is 32.3 Å². The lowest BCUT2D eigenvalue weighted by Gasteiger charge is -2.50. The van der Waals surface area contributed by atoms with Crippen molar-refractivity contribution in [3.8, 4) is 0 Å². The number of hydrogen-bond acceptors (Lipinski definition) is 2. The molecule has 1 saturated carbocycles. The number of aliphatic hydroxyl groups is 1. The van der Waals surface area contributed by atoms with Crippen LogP contribution in [0, 0.1) is 5.41 Å². The molecule has 1 aliphatic carbocycles. The number of nitrogens with zero attached hydrogens (tertiary/aromatic N) is 1. The van der Waals surface area contributed by atoms with Gasteiger partial charge in [0.15, 0.2) is 0 Å². The molecule has 1 aromatic carbocycles. The minimum atomic E-state index is 0.146. The molecule has 1 N–H and O–H groups in total. The second-order valence-electron chi connectivity index (χ2n) is 5.39. The van der Waals surface area contributed by atoms with Crippen LogP contribution in [0.25, 0.3) is 0 Å². The molecule has 0 amide bonds. The lowest BCUT2D eigenvalue weighted by molar-refractivity contribution is 0.222. The van der Waals surface area contributed by atoms with E-state index in [1.54, 1.807) is 0 Å². The van der Waals surface area contributed by atoms with Crippen molar-refractivity contribution in [2.75, 3.05) is 18.0 Å². The molecule has 0 unspecified atom stereocenters. The van der Waals surface area contributed by atoms with Crippen LogP contribution in [0.3, 0.4) is 0 Å². The third-order valence-electron chi connectivity index (χ3n) is 4.18. The Bertz CT molecular complexity index is 374. The van der Waals surface area contributed by atoms with Gasteiger partial charge in [0.25, 0.3) is 0 Å². The normalized spacial score (nSPS) is 22.4. The molecule has 0 radical (unpaired) electrons. The molecule has 86 valence electrons. The van der Waals surface area contributed by atoms with Crippen LogP contribution in [0.2, 0.25) is 0 Å². The highest BCUT2D eigenvalue weighted by Gasteiger charge is 2.44. The summed E-state index contributed by atoms with van der Waals surface area (Å²) < 4.78 is 0. The van der Waals surface area contributed by atoms with Crippen LogP contribution >= 0.6 is 0 Å². The summed E-state index contributed by atoms with van der Waals surface area (Å²) in [5.41, 5.74) is 2.95. The average molecular weight is 217 g/mol. The van der Waals surface area contributed by atoms with Gasteiger partial charge in [-0.05, 0) is 30.5 Å². The van der Waals surface area contributed by atoms with Crippen molar-refractivity contribution in [1.82, 2.24) is 0 Å². The highest BCUT2D eigenvalue weighted by atomic mass is 16.3. The Labute approximate surface area is 96.9 Å². The van der Waals surface area contributed by atoms with Crippen molar-refractivity contribution < 1.29 is 5.11 Å². The second kappa shape index (κ2) is 3.77. The number of anilines is 1. The van der Waals surface area contributed by atoms with Gasteiger partial charge in [0, 0.05) is 24.2 Å². The Morgan fingerprint density at radius 2 is 1.94 bits per heavy atom. The van der Waals surface area contributed by atoms with E-state index in [-0.39, 0.29) is 6.61 Å². The zero-order valence-corrected chi connectivity index (χ0v) is 9.65. The summed E-state index contributed by atoms with van der Waals surface area (Å²) >= 11 is 0. The molecule has 0 bridgehead atoms. The van der Waals surface area contributed by atoms with Crippen LogP contribution in [0.4, 0.5) is 5.69 Å². The number of aliphatic hydroxyl groups excluding tert-OH is 1. The maximum absolute atomic E-state index is 9.12. The Balaban J connectivity index is 1.71. The minimum Gasteiger partial charge on any atom is -0.392 e. The van der Waals surface area contributed by atoms with Crippen molar-refractivity contribution in [2.24, 2.45) is 5.41 Å². The first-order chi connectivity index (χ1) is 7.81. The maximum Gasteiger partial charge on any atom is 0.0682 e. The van der Waals surface area contributed by atoms with Gasteiger partial charge in [0.1, 0.15) is 0 Å². The van der Waals surface area contributed by atoms with Gasteiger partial charge in [-0.25, -0.2) is 0 Å². The van der Waals surface area contributed by atoms with E-state index in [4.69, 9.17) is 5.11 Å². The fourth-order valence-corrected chi connectivity index (χ4v) is 3.24. The molecular weight excluding hydrogens is 198 g/mol. The van der Waals surface area contributed by atoms with E-state index in [1.165, 1.54) is 44.5 Å². The summed E-state index contributed by atoms with van der Waals surface area (Å²) in [4.78, 5) is 2.45.